The van der Waals surface area contributed by atoms with Crippen LogP contribution >= 0.6 is 0 Å². The average molecular weight is 361 g/mol. The van der Waals surface area contributed by atoms with Gasteiger partial charge >= 0.3 is 0 Å². The number of nitrogens with one attached hydrogen (secondary N) is 1. The van der Waals surface area contributed by atoms with Crippen LogP contribution in [0.3, 0.4) is 0 Å². The van der Waals surface area contributed by atoms with Crippen molar-refractivity contribution in [1.82, 2.24) is 0 Å². The van der Waals surface area contributed by atoms with Crippen LogP contribution in [0.25, 0.3) is 0 Å². The Bertz CT molecular complexity index is 904. The molecule has 0 aromatic heterocycles. The highest BCUT2D eigenvalue weighted by atomic mass is 32.2. The van der Waals surface area contributed by atoms with Crippen LogP contribution in [0.4, 0.5) is 17.1 Å². The normalized spacial score (nSPS) is 11.4. The van der Waals surface area contributed by atoms with Gasteiger partial charge in [0.15, 0.2) is 0 Å². The lowest BCUT2D eigenvalue weighted by molar-refractivity contribution is -0.124. The van der Waals surface area contributed by atoms with Crippen molar-refractivity contribution in [3.8, 4) is 0 Å². The molecule has 25 heavy (non-hydrogen) atoms. The molecule has 0 unspecified atom stereocenters. The van der Waals surface area contributed by atoms with Crippen LogP contribution in [0, 0.1) is 0 Å². The van der Waals surface area contributed by atoms with Crippen molar-refractivity contribution in [2.45, 2.75) is 18.2 Å². The number of benzene rings is 2. The van der Waals surface area contributed by atoms with Gasteiger partial charge in [0.2, 0.25) is 5.91 Å². The van der Waals surface area contributed by atoms with Gasteiger partial charge < -0.3 is 5.32 Å². The van der Waals surface area contributed by atoms with Crippen LogP contribution in [0.2, 0.25) is 0 Å². The first-order valence-corrected chi connectivity index (χ1v) is 8.57. The molecule has 0 atom stereocenters. The Morgan fingerprint density at radius 3 is 1.88 bits per heavy atom. The van der Waals surface area contributed by atoms with Crippen molar-refractivity contribution in [1.29, 1.82) is 0 Å². The van der Waals surface area contributed by atoms with Gasteiger partial charge in [-0.15, -0.1) is 0 Å². The molecular formula is C16H15N3O5S. The molecular weight excluding hydrogens is 346 g/mol. The van der Waals surface area contributed by atoms with Gasteiger partial charge in [0.1, 0.15) is 5.78 Å². The second kappa shape index (κ2) is 7.77. The first-order valence-electron chi connectivity index (χ1n) is 7.13. The molecule has 2 aromatic carbocycles. The zero-order chi connectivity index (χ0) is 18.4. The minimum atomic E-state index is -4.24. The lowest BCUT2D eigenvalue weighted by Crippen LogP contribution is -2.14. The topological polar surface area (TPSA) is 125 Å². The monoisotopic (exact) mass is 361 g/mol. The van der Waals surface area contributed by atoms with E-state index in [1.54, 1.807) is 24.3 Å². The summed E-state index contributed by atoms with van der Waals surface area (Å²) in [5.41, 5.74) is 1.46. The average Bonchev–Trinajstić information content (AvgIpc) is 2.53. The van der Waals surface area contributed by atoms with Gasteiger partial charge in [-0.3, -0.25) is 14.1 Å². The van der Waals surface area contributed by atoms with Crippen LogP contribution in [0.5, 0.6) is 0 Å². The summed E-state index contributed by atoms with van der Waals surface area (Å²) in [7, 11) is -4.24. The third kappa shape index (κ3) is 5.90. The Hall–Kier alpha value is -2.91. The lowest BCUT2D eigenvalue weighted by Gasteiger charge is -2.03. The summed E-state index contributed by atoms with van der Waals surface area (Å²) in [5.74, 6) is -0.608. The number of anilines is 1. The highest BCUT2D eigenvalue weighted by Crippen LogP contribution is 2.21. The summed E-state index contributed by atoms with van der Waals surface area (Å²) in [6.45, 7) is 1.34. The molecule has 1 amide bonds. The molecule has 9 heteroatoms. The third-order valence-electron chi connectivity index (χ3n) is 2.98. The van der Waals surface area contributed by atoms with Crippen LogP contribution < -0.4 is 5.32 Å². The van der Waals surface area contributed by atoms with Crippen molar-refractivity contribution in [3.63, 3.8) is 0 Å². The smallest absolute Gasteiger partial charge is 0.294 e. The molecule has 0 bridgehead atoms. The third-order valence-corrected chi connectivity index (χ3v) is 3.84. The minimum Gasteiger partial charge on any atom is -0.326 e. The van der Waals surface area contributed by atoms with Crippen molar-refractivity contribution >= 4 is 38.9 Å². The number of ketones is 1. The maximum Gasteiger partial charge on any atom is 0.294 e. The summed E-state index contributed by atoms with van der Waals surface area (Å²) < 4.78 is 30.8. The predicted octanol–water partition coefficient (Wildman–Crippen LogP) is 3.27. The summed E-state index contributed by atoms with van der Waals surface area (Å²) >= 11 is 0. The molecule has 2 aromatic rings. The fraction of sp³-hybridized carbons (Fsp3) is 0.125. The van der Waals surface area contributed by atoms with E-state index < -0.39 is 10.1 Å². The zero-order valence-electron chi connectivity index (χ0n) is 13.2. The molecule has 0 radical (unpaired) electrons. The number of azo groups is 1. The van der Waals surface area contributed by atoms with Gasteiger partial charge in [0.05, 0.1) is 22.7 Å². The molecule has 2 N–H and O–H groups in total. The van der Waals surface area contributed by atoms with E-state index in [1.807, 2.05) is 0 Å². The van der Waals surface area contributed by atoms with E-state index in [-0.39, 0.29) is 23.0 Å². The van der Waals surface area contributed by atoms with Crippen LogP contribution in [-0.2, 0) is 19.7 Å². The molecule has 0 saturated heterocycles. The summed E-state index contributed by atoms with van der Waals surface area (Å²) in [6, 6.07) is 11.7. The molecule has 2 rings (SSSR count). The van der Waals surface area contributed by atoms with E-state index in [2.05, 4.69) is 15.5 Å². The van der Waals surface area contributed by atoms with E-state index in [0.29, 0.717) is 17.1 Å². The molecule has 0 fully saturated rings. The summed E-state index contributed by atoms with van der Waals surface area (Å²) in [6.07, 6.45) is -0.180. The highest BCUT2D eigenvalue weighted by molar-refractivity contribution is 7.85. The Morgan fingerprint density at radius 1 is 0.960 bits per heavy atom. The van der Waals surface area contributed by atoms with Gasteiger partial charge in [-0.05, 0) is 55.5 Å². The number of hydrogen-bond acceptors (Lipinski definition) is 6. The standard InChI is InChI=1S/C16H15N3O5S/c1-11(20)10-16(21)17-12-2-4-13(5-3-12)18-19-14-6-8-15(9-7-14)25(22,23)24/h2-9H,10H2,1H3,(H,17,21)(H,22,23,24). The zero-order valence-corrected chi connectivity index (χ0v) is 14.0. The van der Waals surface area contributed by atoms with Crippen LogP contribution in [-0.4, -0.2) is 24.7 Å². The largest absolute Gasteiger partial charge is 0.326 e. The molecule has 8 nitrogen and oxygen atoms in total. The first kappa shape index (κ1) is 18.4. The Kier molecular flexibility index (Phi) is 5.73. The predicted molar refractivity (Wildman–Crippen MR) is 90.8 cm³/mol. The second-order valence-electron chi connectivity index (χ2n) is 5.14. The summed E-state index contributed by atoms with van der Waals surface area (Å²) in [5, 5.41) is 10.5. The van der Waals surface area contributed by atoms with Gasteiger partial charge in [0, 0.05) is 5.69 Å². The SMILES string of the molecule is CC(=O)CC(=O)Nc1ccc(N=Nc2ccc(S(=O)(=O)O)cc2)cc1. The van der Waals surface area contributed by atoms with Crippen molar-refractivity contribution in [2.75, 3.05) is 5.32 Å². The van der Waals surface area contributed by atoms with E-state index in [4.69, 9.17) is 4.55 Å². The molecule has 0 heterocycles. The van der Waals surface area contributed by atoms with Crippen molar-refractivity contribution < 1.29 is 22.6 Å². The Labute approximate surface area is 144 Å². The van der Waals surface area contributed by atoms with E-state index in [9.17, 15) is 18.0 Å². The maximum absolute atomic E-state index is 11.5. The van der Waals surface area contributed by atoms with E-state index in [0.717, 1.165) is 0 Å². The number of rotatable bonds is 6. The highest BCUT2D eigenvalue weighted by Gasteiger charge is 2.08. The second-order valence-corrected chi connectivity index (χ2v) is 6.56. The van der Waals surface area contributed by atoms with Crippen LogP contribution in [0.1, 0.15) is 13.3 Å². The van der Waals surface area contributed by atoms with Crippen molar-refractivity contribution in [2.24, 2.45) is 10.2 Å². The lowest BCUT2D eigenvalue weighted by atomic mass is 10.2. The fourth-order valence-electron chi connectivity index (χ4n) is 1.84. The van der Waals surface area contributed by atoms with E-state index >= 15 is 0 Å². The maximum atomic E-state index is 11.5. The molecule has 0 spiro atoms. The molecule has 0 aliphatic rings. The number of carbonyl (C=O) groups excluding carboxylic acids is 2. The van der Waals surface area contributed by atoms with Gasteiger partial charge in [-0.25, -0.2) is 0 Å². The Morgan fingerprint density at radius 2 is 1.44 bits per heavy atom. The molecule has 130 valence electrons. The fourth-order valence-corrected chi connectivity index (χ4v) is 2.32. The quantitative estimate of drug-likeness (QED) is 0.464. The molecule has 0 saturated carbocycles. The van der Waals surface area contributed by atoms with Crippen LogP contribution in [0.15, 0.2) is 63.7 Å². The first-order chi connectivity index (χ1) is 11.7. The number of carbonyl (C=O) groups is 2. The minimum absolute atomic E-state index is 0.180. The molecule has 0 aliphatic heterocycles. The number of amides is 1. The van der Waals surface area contributed by atoms with Gasteiger partial charge in [0.25, 0.3) is 10.1 Å². The number of hydrogen-bond donors (Lipinski definition) is 2. The van der Waals surface area contributed by atoms with E-state index in [1.165, 1.54) is 31.2 Å². The Balaban J connectivity index is 2.02. The summed E-state index contributed by atoms with van der Waals surface area (Å²) in [4.78, 5) is 22.1. The van der Waals surface area contributed by atoms with Crippen molar-refractivity contribution in [3.05, 3.63) is 48.5 Å². The number of nitrogens with zero attached hydrogens (tertiary/aromatic N) is 2. The molecule has 0 aliphatic carbocycles. The number of Topliss-reactive ketones (excluding diaryl/α,β-unsaturated/α-hetero) is 1. The van der Waals surface area contributed by atoms with Gasteiger partial charge in [-0.1, -0.05) is 0 Å². The van der Waals surface area contributed by atoms with Gasteiger partial charge in [-0.2, -0.15) is 18.6 Å².